The van der Waals surface area contributed by atoms with Crippen molar-refractivity contribution in [2.75, 3.05) is 42.7 Å². The number of thiazole rings is 1. The molecule has 5 heterocycles. The number of aromatic nitrogens is 4. The molecule has 10 nitrogen and oxygen atoms in total. The first-order valence-electron chi connectivity index (χ1n) is 15.7. The quantitative estimate of drug-likeness (QED) is 0.300. The number of nitrogens with zero attached hydrogens (tertiary/aromatic N) is 6. The Labute approximate surface area is 267 Å². The molecule has 2 aliphatic heterocycles. The Kier molecular flexibility index (Phi) is 8.33. The molecule has 0 bridgehead atoms. The summed E-state index contributed by atoms with van der Waals surface area (Å²) in [4.78, 5) is 32.8. The zero-order valence-corrected chi connectivity index (χ0v) is 27.0. The zero-order valence-electron chi connectivity index (χ0n) is 25.4. The fourth-order valence-electron chi connectivity index (χ4n) is 6.80. The van der Waals surface area contributed by atoms with Crippen molar-refractivity contribution < 1.29 is 8.42 Å². The van der Waals surface area contributed by atoms with Crippen molar-refractivity contribution >= 4 is 49.5 Å². The Morgan fingerprint density at radius 2 is 1.84 bits per heavy atom. The van der Waals surface area contributed by atoms with E-state index in [1.54, 1.807) is 12.3 Å². The third kappa shape index (κ3) is 6.48. The van der Waals surface area contributed by atoms with E-state index in [0.29, 0.717) is 33.5 Å². The molecule has 0 radical (unpaired) electrons. The van der Waals surface area contributed by atoms with E-state index in [4.69, 9.17) is 4.98 Å². The normalized spacial score (nSPS) is 19.3. The Hall–Kier alpha value is -3.79. The Balaban J connectivity index is 1.19. The summed E-state index contributed by atoms with van der Waals surface area (Å²) >= 11 is 1.20. The van der Waals surface area contributed by atoms with E-state index < -0.39 is 9.84 Å². The van der Waals surface area contributed by atoms with Gasteiger partial charge in [-0.2, -0.15) is 4.98 Å². The van der Waals surface area contributed by atoms with Crippen LogP contribution in [0.15, 0.2) is 51.9 Å². The number of anilines is 3. The van der Waals surface area contributed by atoms with E-state index in [-0.39, 0.29) is 23.0 Å². The fraction of sp³-hybridized carbons (Fsp3) is 0.455. The number of benzene rings is 1. The lowest BCUT2D eigenvalue weighted by Crippen LogP contribution is -2.50. The van der Waals surface area contributed by atoms with Crippen LogP contribution < -0.4 is 15.8 Å². The smallest absolute Gasteiger partial charge is 0.268 e. The van der Waals surface area contributed by atoms with Crippen LogP contribution in [0.4, 0.5) is 17.3 Å². The molecule has 0 spiro atoms. The van der Waals surface area contributed by atoms with E-state index >= 15 is 0 Å². The molecule has 234 valence electrons. The molecule has 1 aromatic carbocycles. The van der Waals surface area contributed by atoms with Crippen LogP contribution in [0.1, 0.15) is 55.4 Å². The van der Waals surface area contributed by atoms with E-state index in [1.165, 1.54) is 52.9 Å². The summed E-state index contributed by atoms with van der Waals surface area (Å²) in [6.45, 7) is 4.44. The number of sulfone groups is 1. The van der Waals surface area contributed by atoms with Crippen LogP contribution in [-0.4, -0.2) is 71.3 Å². The van der Waals surface area contributed by atoms with Crippen LogP contribution >= 0.6 is 11.3 Å². The van der Waals surface area contributed by atoms with Gasteiger partial charge in [-0.05, 0) is 62.6 Å². The summed E-state index contributed by atoms with van der Waals surface area (Å²) < 4.78 is 26.3. The van der Waals surface area contributed by atoms with Crippen molar-refractivity contribution in [3.8, 4) is 11.8 Å². The van der Waals surface area contributed by atoms with Crippen molar-refractivity contribution in [1.82, 2.24) is 24.4 Å². The topological polar surface area (TPSA) is 113 Å². The molecule has 0 amide bonds. The Morgan fingerprint density at radius 1 is 1.02 bits per heavy atom. The second-order valence-electron chi connectivity index (χ2n) is 12.3. The van der Waals surface area contributed by atoms with Gasteiger partial charge in [0.1, 0.15) is 5.65 Å². The Bertz CT molecular complexity index is 1940. The fourth-order valence-corrected chi connectivity index (χ4v) is 8.83. The van der Waals surface area contributed by atoms with Gasteiger partial charge in [-0.3, -0.25) is 14.3 Å². The molecule has 1 aliphatic carbocycles. The van der Waals surface area contributed by atoms with Gasteiger partial charge in [-0.1, -0.05) is 31.1 Å². The van der Waals surface area contributed by atoms with Crippen molar-refractivity contribution in [2.45, 2.75) is 62.6 Å². The highest BCUT2D eigenvalue weighted by atomic mass is 32.2. The molecule has 3 fully saturated rings. The average Bonchev–Trinajstić information content (AvgIpc) is 3.72. The second-order valence-corrected chi connectivity index (χ2v) is 15.2. The van der Waals surface area contributed by atoms with Crippen molar-refractivity contribution in [1.29, 1.82) is 0 Å². The van der Waals surface area contributed by atoms with Crippen LogP contribution in [0.5, 0.6) is 0 Å². The maximum absolute atomic E-state index is 13.9. The molecule has 1 saturated carbocycles. The molecule has 12 heteroatoms. The summed E-state index contributed by atoms with van der Waals surface area (Å²) in [6, 6.07) is 10.7. The lowest BCUT2D eigenvalue weighted by atomic mass is 9.90. The monoisotopic (exact) mass is 643 g/mol. The molecular weight excluding hydrogens is 607 g/mol. The highest BCUT2D eigenvalue weighted by Crippen LogP contribution is 2.28. The van der Waals surface area contributed by atoms with Gasteiger partial charge in [0, 0.05) is 60.8 Å². The van der Waals surface area contributed by atoms with Gasteiger partial charge < -0.3 is 10.2 Å². The van der Waals surface area contributed by atoms with Gasteiger partial charge in [0.25, 0.3) is 5.56 Å². The zero-order chi connectivity index (χ0) is 31.0. The summed E-state index contributed by atoms with van der Waals surface area (Å²) in [6.07, 6.45) is 11.0. The minimum atomic E-state index is -3.57. The van der Waals surface area contributed by atoms with Gasteiger partial charge in [-0.25, -0.2) is 18.4 Å². The van der Waals surface area contributed by atoms with Gasteiger partial charge in [0.05, 0.1) is 22.5 Å². The summed E-state index contributed by atoms with van der Waals surface area (Å²) in [5.74, 6) is 7.09. The van der Waals surface area contributed by atoms with E-state index in [1.807, 2.05) is 12.1 Å². The molecule has 2 saturated heterocycles. The molecule has 1 unspecified atom stereocenters. The number of piperazine rings is 1. The third-order valence-corrected chi connectivity index (χ3v) is 11.2. The average molecular weight is 644 g/mol. The van der Waals surface area contributed by atoms with E-state index in [2.05, 4.69) is 49.1 Å². The minimum Gasteiger partial charge on any atom is -0.369 e. The maximum Gasteiger partial charge on any atom is 0.268 e. The Morgan fingerprint density at radius 3 is 2.64 bits per heavy atom. The number of rotatable bonds is 6. The molecule has 7 rings (SSSR count). The lowest BCUT2D eigenvalue weighted by molar-refractivity contribution is 0.231. The first kappa shape index (κ1) is 29.9. The van der Waals surface area contributed by atoms with Crippen LogP contribution in [0.3, 0.4) is 0 Å². The van der Waals surface area contributed by atoms with Crippen LogP contribution in [0.2, 0.25) is 0 Å². The highest BCUT2D eigenvalue weighted by Gasteiger charge is 2.30. The summed E-state index contributed by atoms with van der Waals surface area (Å²) in [7, 11) is -3.57. The van der Waals surface area contributed by atoms with E-state index in [9.17, 15) is 13.2 Å². The molecule has 3 aliphatic rings. The van der Waals surface area contributed by atoms with Crippen molar-refractivity contribution in [2.24, 2.45) is 5.92 Å². The van der Waals surface area contributed by atoms with Gasteiger partial charge in [0.2, 0.25) is 5.95 Å². The van der Waals surface area contributed by atoms with Crippen molar-refractivity contribution in [3.63, 3.8) is 0 Å². The molecule has 1 N–H and O–H groups in total. The number of hydrogen-bond acceptors (Lipinski definition) is 10. The van der Waals surface area contributed by atoms with Gasteiger partial charge >= 0.3 is 0 Å². The van der Waals surface area contributed by atoms with Gasteiger partial charge in [0.15, 0.2) is 14.9 Å². The largest absolute Gasteiger partial charge is 0.369 e. The van der Waals surface area contributed by atoms with Gasteiger partial charge in [-0.15, -0.1) is 11.3 Å². The summed E-state index contributed by atoms with van der Waals surface area (Å²) in [5, 5.41) is 3.92. The third-order valence-electron chi connectivity index (χ3n) is 9.18. The number of fused-ring (bicyclic) bond motifs is 2. The summed E-state index contributed by atoms with van der Waals surface area (Å²) in [5.41, 5.74) is 3.98. The number of pyridine rings is 1. The predicted octanol–water partition coefficient (Wildman–Crippen LogP) is 4.66. The lowest BCUT2D eigenvalue weighted by Gasteiger charge is -2.38. The molecule has 3 aromatic heterocycles. The maximum atomic E-state index is 13.9. The minimum absolute atomic E-state index is 0.0146. The highest BCUT2D eigenvalue weighted by molar-refractivity contribution is 7.90. The molecule has 45 heavy (non-hydrogen) atoms. The standard InChI is InChI=1S/C33H37N7O3S2/c1-45(42,43)31-29(44-22-35-31)21-40-30-25(18-24(32(40)41)10-9-23-6-3-2-4-7-23)19-34-33(37-30)36-26-11-13-27(14-12-26)39-17-16-38-15-5-8-28(38)20-39/h11-14,18-19,22-23,28H,2-8,15-17,20-21H2,1H3,(H,34,36,37). The van der Waals surface area contributed by atoms with Crippen LogP contribution in [-0.2, 0) is 16.4 Å². The number of hydrogen-bond donors (Lipinski definition) is 1. The molecular formula is C33H37N7O3S2. The van der Waals surface area contributed by atoms with E-state index in [0.717, 1.165) is 57.3 Å². The molecule has 1 atom stereocenters. The number of nitrogens with one attached hydrogen (secondary N) is 1. The van der Waals surface area contributed by atoms with Crippen LogP contribution in [0, 0.1) is 17.8 Å². The first-order chi connectivity index (χ1) is 21.8. The predicted molar refractivity (Wildman–Crippen MR) is 178 cm³/mol. The first-order valence-corrected chi connectivity index (χ1v) is 18.5. The van der Waals surface area contributed by atoms with Crippen LogP contribution in [0.25, 0.3) is 11.0 Å². The van der Waals surface area contributed by atoms with Crippen molar-refractivity contribution in [3.05, 3.63) is 62.8 Å². The molecule has 4 aromatic rings. The second kappa shape index (κ2) is 12.5. The SMILES string of the molecule is CS(=O)(=O)c1ncsc1Cn1c(=O)c(C#CC2CCCCC2)cc2cnc(Nc3ccc(N4CCN5CCCC5C4)cc3)nc21.